The van der Waals surface area contributed by atoms with Gasteiger partial charge in [-0.25, -0.2) is 18.8 Å². The maximum absolute atomic E-state index is 15.8. The Bertz CT molecular complexity index is 2350. The third-order valence-corrected chi connectivity index (χ3v) is 15.1. The Hall–Kier alpha value is -4.62. The first-order chi connectivity index (χ1) is 28.4. The minimum absolute atomic E-state index is 0.0336. The van der Waals surface area contributed by atoms with Crippen molar-refractivity contribution < 1.29 is 58.4 Å². The summed E-state index contributed by atoms with van der Waals surface area (Å²) >= 11 is 0. The van der Waals surface area contributed by atoms with Crippen LogP contribution in [0.15, 0.2) is 42.5 Å². The van der Waals surface area contributed by atoms with Crippen LogP contribution in [0.4, 0.5) is 33.9 Å². The van der Waals surface area contributed by atoms with Crippen LogP contribution in [0.3, 0.4) is 0 Å². The number of fused-ring (bicyclic) bond motifs is 1. The second-order valence-corrected chi connectivity index (χ2v) is 30.5. The molecule has 0 radical (unpaired) electrons. The van der Waals surface area contributed by atoms with Crippen LogP contribution in [0.1, 0.15) is 21.6 Å². The number of pyridine rings is 1. The van der Waals surface area contributed by atoms with E-state index in [4.69, 9.17) is 18.9 Å². The largest absolute Gasteiger partial charge is 0.533 e. The van der Waals surface area contributed by atoms with E-state index in [0.717, 1.165) is 24.2 Å². The number of para-hydroxylation sites is 1. The van der Waals surface area contributed by atoms with Gasteiger partial charge in [0.2, 0.25) is 0 Å². The molecule has 2 aromatic heterocycles. The number of anilines is 2. The van der Waals surface area contributed by atoms with E-state index >= 15 is 4.39 Å². The molecular weight excluding hydrogens is 859 g/mol. The molecule has 1 aliphatic rings. The Morgan fingerprint density at radius 3 is 2.30 bits per heavy atom. The molecule has 1 unspecified atom stereocenters. The fraction of sp³-hybridized carbons (Fsp3) is 0.487. The second kappa shape index (κ2) is 18.8. The highest BCUT2D eigenvalue weighted by atomic mass is 32.2. The highest BCUT2D eigenvalue weighted by Crippen LogP contribution is 2.38. The summed E-state index contributed by atoms with van der Waals surface area (Å²) in [5.74, 6) is -2.03. The number of carbonyl (C=O) groups is 2. The summed E-state index contributed by atoms with van der Waals surface area (Å²) in [5, 5.41) is 10.4. The Labute approximate surface area is 354 Å². The zero-order valence-corrected chi connectivity index (χ0v) is 38.4. The van der Waals surface area contributed by atoms with Crippen LogP contribution >= 0.6 is 0 Å². The van der Waals surface area contributed by atoms with E-state index in [2.05, 4.69) is 64.7 Å². The minimum Gasteiger partial charge on any atom is -0.464 e. The number of benzene rings is 2. The molecule has 0 aliphatic carbocycles. The predicted octanol–water partition coefficient (Wildman–Crippen LogP) is 7.57. The Kier molecular flexibility index (Phi) is 14.6. The van der Waals surface area contributed by atoms with Gasteiger partial charge in [0.25, 0.3) is 5.91 Å². The van der Waals surface area contributed by atoms with E-state index < -0.39 is 66.4 Å². The van der Waals surface area contributed by atoms with Crippen molar-refractivity contribution in [1.29, 1.82) is 0 Å². The molecule has 0 bridgehead atoms. The van der Waals surface area contributed by atoms with E-state index in [1.165, 1.54) is 30.9 Å². The monoisotopic (exact) mass is 912 g/mol. The molecule has 0 saturated carbocycles. The van der Waals surface area contributed by atoms with Crippen LogP contribution in [-0.4, -0.2) is 109 Å². The molecule has 3 heterocycles. The lowest BCUT2D eigenvalue weighted by Crippen LogP contribution is -2.52. The van der Waals surface area contributed by atoms with Gasteiger partial charge in [-0.1, -0.05) is 57.5 Å². The quantitative estimate of drug-likeness (QED) is 0.0263. The van der Waals surface area contributed by atoms with E-state index in [9.17, 15) is 31.2 Å². The van der Waals surface area contributed by atoms with Crippen LogP contribution in [0.5, 0.6) is 5.75 Å². The van der Waals surface area contributed by atoms with Gasteiger partial charge >= 0.3 is 22.5 Å². The molecule has 2 aromatic carbocycles. The van der Waals surface area contributed by atoms with Gasteiger partial charge in [-0.2, -0.15) is 31.5 Å². The molecule has 1 atom stereocenters. The number of ether oxygens (including phenoxy) is 4. The number of alkyl halides is 3. The molecule has 334 valence electrons. The lowest BCUT2D eigenvalue weighted by molar-refractivity contribution is -0.687. The molecular formula is C39H54F4N7O8SSi2+. The van der Waals surface area contributed by atoms with Gasteiger partial charge in [-0.3, -0.25) is 4.79 Å². The minimum atomic E-state index is -4.72. The van der Waals surface area contributed by atoms with Crippen LogP contribution in [-0.2, 0) is 44.1 Å². The number of nitrogens with one attached hydrogen (secondary N) is 3. The first kappa shape index (κ1) is 47.4. The molecule has 4 aromatic rings. The van der Waals surface area contributed by atoms with Crippen LogP contribution in [0.2, 0.25) is 51.4 Å². The zero-order chi connectivity index (χ0) is 45.0. The number of likely N-dealkylation sites (N-methyl/N-ethyl adjacent to an activating group) is 1. The number of quaternary nitrogens is 1. The van der Waals surface area contributed by atoms with Gasteiger partial charge in [0.15, 0.2) is 24.1 Å². The van der Waals surface area contributed by atoms with Crippen molar-refractivity contribution >= 4 is 60.8 Å². The first-order valence-corrected chi connectivity index (χ1v) is 28.5. The van der Waals surface area contributed by atoms with E-state index in [-0.39, 0.29) is 78.1 Å². The third kappa shape index (κ3) is 12.1. The summed E-state index contributed by atoms with van der Waals surface area (Å²) in [6.45, 7) is 12.9. The summed E-state index contributed by atoms with van der Waals surface area (Å²) in [6.07, 6.45) is -7.12. The Morgan fingerprint density at radius 2 is 1.67 bits per heavy atom. The summed E-state index contributed by atoms with van der Waals surface area (Å²) < 4.78 is 110. The van der Waals surface area contributed by atoms with Crippen molar-refractivity contribution in [3.05, 3.63) is 65.1 Å². The summed E-state index contributed by atoms with van der Waals surface area (Å²) in [6, 6.07) is 11.2. The maximum atomic E-state index is 15.8. The number of nitrogens with zero attached hydrogens (tertiary/aromatic N) is 4. The summed E-state index contributed by atoms with van der Waals surface area (Å²) in [4.78, 5) is 30.5. The van der Waals surface area contributed by atoms with E-state index in [0.29, 0.717) is 18.8 Å². The Morgan fingerprint density at radius 1 is 1.00 bits per heavy atom. The highest BCUT2D eigenvalue weighted by molar-refractivity contribution is 7.87. The fourth-order valence-electron chi connectivity index (χ4n) is 6.16. The Balaban J connectivity index is 1.61. The smallest absolute Gasteiger partial charge is 0.464 e. The first-order valence-electron chi connectivity index (χ1n) is 19.6. The number of amides is 2. The fourth-order valence-corrected chi connectivity index (χ4v) is 8.92. The van der Waals surface area contributed by atoms with Gasteiger partial charge in [-0.15, -0.1) is 3.89 Å². The van der Waals surface area contributed by atoms with E-state index in [1.54, 1.807) is 18.2 Å². The van der Waals surface area contributed by atoms with Crippen molar-refractivity contribution in [3.8, 4) is 17.0 Å². The molecule has 1 fully saturated rings. The second-order valence-electron chi connectivity index (χ2n) is 17.3. The molecule has 5 rings (SSSR count). The number of aromatic nitrogens is 3. The molecule has 1 aliphatic heterocycles. The summed E-state index contributed by atoms with van der Waals surface area (Å²) in [5.41, 5.74) is -0.0378. The third-order valence-electron chi connectivity index (χ3n) is 9.87. The molecule has 3 N–H and O–H groups in total. The van der Waals surface area contributed by atoms with Gasteiger partial charge in [0.1, 0.15) is 25.7 Å². The van der Waals surface area contributed by atoms with Gasteiger partial charge < -0.3 is 29.6 Å². The standard InChI is InChI=1S/C39H53F4N7O8SSi2/c1-44-37(51)35-34-32(49(47-35)24-55-15-17-60(3,4)5)21-31(28-20-29(40)33(19-27(28)22-39(41,42)43)58-25-56-16-18-61(6,7)8)46-36(34)45-23-26-11-9-10-12-30(26)48-59(53,54)50(2)13-14-57-38(50)52/h9-12,19-21,48H,13-18,22-25H2,1-8H3,(H-,44,45,46,47,51)/p+1. The van der Waals surface area contributed by atoms with Gasteiger partial charge in [-0.05, 0) is 47.5 Å². The van der Waals surface area contributed by atoms with Crippen molar-refractivity contribution in [2.45, 2.75) is 77.2 Å². The number of rotatable bonds is 20. The molecule has 61 heavy (non-hydrogen) atoms. The molecule has 2 amide bonds. The van der Waals surface area contributed by atoms with Crippen LogP contribution < -0.4 is 20.1 Å². The average Bonchev–Trinajstić information content (AvgIpc) is 3.71. The topological polar surface area (TPSA) is 172 Å². The SMILES string of the molecule is CNC(=O)c1nn(COCC[Si](C)(C)C)c2cc(-c3cc(F)c(OCOCC[Si](C)(C)C)cc3CC(F)(F)F)nc(NCc3ccccc3NS(=O)(=O)[N+]3(C)CCOC3=O)c12. The van der Waals surface area contributed by atoms with Crippen molar-refractivity contribution in [1.82, 2.24) is 20.1 Å². The van der Waals surface area contributed by atoms with Crippen molar-refractivity contribution in [2.75, 3.05) is 57.3 Å². The number of halogens is 4. The van der Waals surface area contributed by atoms with Crippen molar-refractivity contribution in [3.63, 3.8) is 0 Å². The lowest BCUT2D eigenvalue weighted by atomic mass is 9.99. The highest BCUT2D eigenvalue weighted by Gasteiger charge is 2.52. The van der Waals surface area contributed by atoms with Gasteiger partial charge in [0, 0.05) is 48.5 Å². The molecule has 0 spiro atoms. The normalized spacial score (nSPS) is 16.2. The number of hydrogen-bond donors (Lipinski definition) is 3. The van der Waals surface area contributed by atoms with Crippen LogP contribution in [0, 0.1) is 5.82 Å². The van der Waals surface area contributed by atoms with Crippen LogP contribution in [0.25, 0.3) is 22.2 Å². The molecule has 22 heteroatoms. The van der Waals surface area contributed by atoms with E-state index in [1.807, 2.05) is 0 Å². The molecule has 1 saturated heterocycles. The number of cyclic esters (lactones) is 1. The van der Waals surface area contributed by atoms with Crippen molar-refractivity contribution in [2.24, 2.45) is 0 Å². The van der Waals surface area contributed by atoms with Gasteiger partial charge in [0.05, 0.1) is 35.8 Å². The lowest BCUT2D eigenvalue weighted by Gasteiger charge is -2.23. The predicted molar refractivity (Wildman–Crippen MR) is 228 cm³/mol. The zero-order valence-electron chi connectivity index (χ0n) is 35.6. The maximum Gasteiger partial charge on any atom is 0.533 e. The summed E-state index contributed by atoms with van der Waals surface area (Å²) in [7, 11) is -4.72. The molecule has 15 nitrogen and oxygen atoms in total. The average molecular weight is 913 g/mol. The number of carbonyl (C=O) groups excluding carboxylic acids is 2. The number of hydrogen-bond acceptors (Lipinski definition) is 11.